The molecule has 0 spiro atoms. The Bertz CT molecular complexity index is 492. The smallest absolute Gasteiger partial charge is 0.0683 e. The lowest BCUT2D eigenvalue weighted by Crippen LogP contribution is -2.42. The summed E-state index contributed by atoms with van der Waals surface area (Å²) >= 11 is 0. The minimum atomic E-state index is 0.183. The second kappa shape index (κ2) is 4.00. The van der Waals surface area contributed by atoms with Crippen LogP contribution in [0.25, 0.3) is 5.69 Å². The van der Waals surface area contributed by atoms with Gasteiger partial charge in [0, 0.05) is 24.4 Å². The fourth-order valence-electron chi connectivity index (χ4n) is 2.72. The zero-order chi connectivity index (χ0) is 11.7. The average Bonchev–Trinajstić information content (AvgIpc) is 2.82. The minimum Gasteiger partial charge on any atom is -0.330 e. The van der Waals surface area contributed by atoms with E-state index in [-0.39, 0.29) is 5.41 Å². The summed E-state index contributed by atoms with van der Waals surface area (Å²) in [5.74, 6) is 0. The van der Waals surface area contributed by atoms with Crippen molar-refractivity contribution >= 4 is 0 Å². The van der Waals surface area contributed by atoms with Crippen LogP contribution in [0.3, 0.4) is 0 Å². The first-order valence-electron chi connectivity index (χ1n) is 6.15. The van der Waals surface area contributed by atoms with Gasteiger partial charge in [-0.15, -0.1) is 0 Å². The molecule has 0 atom stereocenters. The number of nitrogens with two attached hydrogens (primary N) is 1. The predicted molar refractivity (Wildman–Crippen MR) is 68.1 cm³/mol. The number of benzene rings is 1. The molecule has 1 aliphatic rings. The Labute approximate surface area is 101 Å². The number of rotatable bonds is 3. The van der Waals surface area contributed by atoms with Crippen LogP contribution < -0.4 is 5.73 Å². The van der Waals surface area contributed by atoms with Gasteiger partial charge in [-0.1, -0.05) is 24.6 Å². The summed E-state index contributed by atoms with van der Waals surface area (Å²) < 4.78 is 1.94. The van der Waals surface area contributed by atoms with Gasteiger partial charge in [-0.05, 0) is 30.5 Å². The molecule has 1 aromatic heterocycles. The molecule has 3 nitrogen and oxygen atoms in total. The Morgan fingerprint density at radius 2 is 2.06 bits per heavy atom. The Hall–Kier alpha value is -1.61. The van der Waals surface area contributed by atoms with E-state index in [1.54, 1.807) is 0 Å². The molecule has 1 aromatic carbocycles. The van der Waals surface area contributed by atoms with E-state index in [9.17, 15) is 0 Å². The molecule has 88 valence electrons. The lowest BCUT2D eigenvalue weighted by Gasteiger charge is -2.42. The molecule has 0 amide bonds. The van der Waals surface area contributed by atoms with Gasteiger partial charge in [-0.25, -0.2) is 4.68 Å². The van der Waals surface area contributed by atoms with Gasteiger partial charge in [0.05, 0.1) is 5.69 Å². The summed E-state index contributed by atoms with van der Waals surface area (Å²) in [6.07, 6.45) is 7.47. The van der Waals surface area contributed by atoms with Crippen molar-refractivity contribution in [1.29, 1.82) is 0 Å². The largest absolute Gasteiger partial charge is 0.330 e. The summed E-state index contributed by atoms with van der Waals surface area (Å²) in [5.41, 5.74) is 8.69. The lowest BCUT2D eigenvalue weighted by atomic mass is 9.64. The van der Waals surface area contributed by atoms with Gasteiger partial charge in [0.15, 0.2) is 0 Å². The molecule has 3 heteroatoms. The Morgan fingerprint density at radius 1 is 1.24 bits per heavy atom. The lowest BCUT2D eigenvalue weighted by molar-refractivity contribution is 0.252. The fourth-order valence-corrected chi connectivity index (χ4v) is 2.72. The van der Waals surface area contributed by atoms with E-state index in [4.69, 9.17) is 5.73 Å². The Balaban J connectivity index is 2.11. The second-order valence-electron chi connectivity index (χ2n) is 4.81. The molecule has 1 heterocycles. The number of nitrogens with zero attached hydrogens (tertiary/aromatic N) is 2. The summed E-state index contributed by atoms with van der Waals surface area (Å²) in [7, 11) is 0. The molecule has 2 N–H and O–H groups in total. The highest BCUT2D eigenvalue weighted by Gasteiger charge is 2.39. The third-order valence-corrected chi connectivity index (χ3v) is 3.93. The average molecular weight is 227 g/mol. The van der Waals surface area contributed by atoms with Crippen molar-refractivity contribution in [1.82, 2.24) is 9.78 Å². The number of aromatic nitrogens is 2. The number of para-hydroxylation sites is 1. The molecule has 0 bridgehead atoms. The van der Waals surface area contributed by atoms with E-state index < -0.39 is 0 Å². The van der Waals surface area contributed by atoms with Gasteiger partial charge in [-0.3, -0.25) is 0 Å². The van der Waals surface area contributed by atoms with Crippen LogP contribution in [0.1, 0.15) is 24.8 Å². The standard InChI is InChI=1S/C14H17N3/c15-11-14(7-3-8-14)12-5-1-2-6-13(12)17-10-4-9-16-17/h1-2,4-6,9-10H,3,7-8,11,15H2. The van der Waals surface area contributed by atoms with E-state index in [2.05, 4.69) is 29.4 Å². The normalized spacial score (nSPS) is 17.7. The molecule has 1 aliphatic carbocycles. The molecular formula is C14H17N3. The maximum atomic E-state index is 5.99. The van der Waals surface area contributed by atoms with Crippen molar-refractivity contribution < 1.29 is 0 Å². The monoisotopic (exact) mass is 227 g/mol. The highest BCUT2D eigenvalue weighted by molar-refractivity contribution is 5.46. The maximum Gasteiger partial charge on any atom is 0.0683 e. The van der Waals surface area contributed by atoms with Crippen molar-refractivity contribution in [3.05, 3.63) is 48.3 Å². The zero-order valence-corrected chi connectivity index (χ0v) is 9.84. The number of hydrogen-bond donors (Lipinski definition) is 1. The Morgan fingerprint density at radius 3 is 2.65 bits per heavy atom. The van der Waals surface area contributed by atoms with E-state index in [1.165, 1.54) is 30.5 Å². The zero-order valence-electron chi connectivity index (χ0n) is 9.84. The molecule has 1 fully saturated rings. The van der Waals surface area contributed by atoms with Gasteiger partial charge in [0.25, 0.3) is 0 Å². The summed E-state index contributed by atoms with van der Waals surface area (Å²) in [6, 6.07) is 10.4. The minimum absolute atomic E-state index is 0.183. The highest BCUT2D eigenvalue weighted by atomic mass is 15.3. The SMILES string of the molecule is NCC1(c2ccccc2-n2cccn2)CCC1. The van der Waals surface area contributed by atoms with Gasteiger partial charge in [-0.2, -0.15) is 5.10 Å². The molecule has 1 saturated carbocycles. The molecular weight excluding hydrogens is 210 g/mol. The van der Waals surface area contributed by atoms with Crippen molar-refractivity contribution in [3.63, 3.8) is 0 Å². The van der Waals surface area contributed by atoms with Crippen molar-refractivity contribution in [2.45, 2.75) is 24.7 Å². The maximum absolute atomic E-state index is 5.99. The van der Waals surface area contributed by atoms with Crippen LogP contribution in [-0.2, 0) is 5.41 Å². The van der Waals surface area contributed by atoms with Crippen LogP contribution in [-0.4, -0.2) is 16.3 Å². The third-order valence-electron chi connectivity index (χ3n) is 3.93. The van der Waals surface area contributed by atoms with Gasteiger partial charge in [0.1, 0.15) is 0 Å². The first kappa shape index (κ1) is 10.5. The van der Waals surface area contributed by atoms with Crippen LogP contribution in [0, 0.1) is 0 Å². The second-order valence-corrected chi connectivity index (χ2v) is 4.81. The first-order chi connectivity index (χ1) is 8.36. The summed E-state index contributed by atoms with van der Waals surface area (Å²) in [4.78, 5) is 0. The molecule has 2 aromatic rings. The van der Waals surface area contributed by atoms with E-state index >= 15 is 0 Å². The van der Waals surface area contributed by atoms with Crippen LogP contribution >= 0.6 is 0 Å². The molecule has 0 unspecified atom stereocenters. The van der Waals surface area contributed by atoms with Gasteiger partial charge < -0.3 is 5.73 Å². The summed E-state index contributed by atoms with van der Waals surface area (Å²) in [6.45, 7) is 0.727. The first-order valence-corrected chi connectivity index (χ1v) is 6.15. The van der Waals surface area contributed by atoms with Crippen LogP contribution in [0.4, 0.5) is 0 Å². The molecule has 17 heavy (non-hydrogen) atoms. The Kier molecular flexibility index (Phi) is 2.48. The van der Waals surface area contributed by atoms with Crippen LogP contribution in [0.2, 0.25) is 0 Å². The molecule has 0 aliphatic heterocycles. The van der Waals surface area contributed by atoms with E-state index in [0.29, 0.717) is 0 Å². The van der Waals surface area contributed by atoms with Crippen LogP contribution in [0.15, 0.2) is 42.7 Å². The predicted octanol–water partition coefficient (Wildman–Crippen LogP) is 2.25. The van der Waals surface area contributed by atoms with Crippen LogP contribution in [0.5, 0.6) is 0 Å². The molecule has 0 saturated heterocycles. The van der Waals surface area contributed by atoms with Gasteiger partial charge >= 0.3 is 0 Å². The highest BCUT2D eigenvalue weighted by Crippen LogP contribution is 2.44. The molecule has 3 rings (SSSR count). The summed E-state index contributed by atoms with van der Waals surface area (Å²) in [5, 5.41) is 4.33. The van der Waals surface area contributed by atoms with Crippen molar-refractivity contribution in [2.24, 2.45) is 5.73 Å². The van der Waals surface area contributed by atoms with E-state index in [0.717, 1.165) is 6.54 Å². The van der Waals surface area contributed by atoms with Gasteiger partial charge in [0.2, 0.25) is 0 Å². The van der Waals surface area contributed by atoms with Crippen molar-refractivity contribution in [2.75, 3.05) is 6.54 Å². The number of hydrogen-bond acceptors (Lipinski definition) is 2. The third kappa shape index (κ3) is 1.58. The fraction of sp³-hybridized carbons (Fsp3) is 0.357. The van der Waals surface area contributed by atoms with Crippen molar-refractivity contribution in [3.8, 4) is 5.69 Å². The topological polar surface area (TPSA) is 43.8 Å². The van der Waals surface area contributed by atoms with E-state index in [1.807, 2.05) is 23.1 Å². The quantitative estimate of drug-likeness (QED) is 0.874. The molecule has 0 radical (unpaired) electrons.